The van der Waals surface area contributed by atoms with E-state index in [-0.39, 0.29) is 23.5 Å². The molecule has 0 atom stereocenters. The van der Waals surface area contributed by atoms with Gasteiger partial charge in [0.1, 0.15) is 12.3 Å². The van der Waals surface area contributed by atoms with E-state index in [9.17, 15) is 18.0 Å². The molecule has 0 saturated heterocycles. The quantitative estimate of drug-likeness (QED) is 0.743. The van der Waals surface area contributed by atoms with Gasteiger partial charge in [0.15, 0.2) is 6.61 Å². The summed E-state index contributed by atoms with van der Waals surface area (Å²) in [6.07, 6.45) is -4.45. The molecule has 0 unspecified atom stereocenters. The second-order valence-corrected chi connectivity index (χ2v) is 5.75. The zero-order valence-electron chi connectivity index (χ0n) is 12.0. The van der Waals surface area contributed by atoms with Crippen LogP contribution in [0.25, 0.3) is 0 Å². The summed E-state index contributed by atoms with van der Waals surface area (Å²) in [5.41, 5.74) is 0. The van der Waals surface area contributed by atoms with E-state index in [1.165, 1.54) is 0 Å². The average Bonchev–Trinajstić information content (AvgIpc) is 2.98. The molecule has 6 nitrogen and oxygen atoms in total. The highest BCUT2D eigenvalue weighted by Crippen LogP contribution is 2.19. The van der Waals surface area contributed by atoms with Crippen LogP contribution in [0.15, 0.2) is 33.9 Å². The number of amides is 1. The number of hydrogen-bond acceptors (Lipinski definition) is 6. The molecule has 24 heavy (non-hydrogen) atoms. The van der Waals surface area contributed by atoms with Crippen molar-refractivity contribution in [1.29, 1.82) is 0 Å². The first-order valence-corrected chi connectivity index (χ1v) is 7.85. The summed E-state index contributed by atoms with van der Waals surface area (Å²) >= 11 is 6.58. The van der Waals surface area contributed by atoms with Crippen molar-refractivity contribution in [2.24, 2.45) is 0 Å². The summed E-state index contributed by atoms with van der Waals surface area (Å²) in [5, 5.41) is 9.75. The Morgan fingerprint density at radius 3 is 2.67 bits per heavy atom. The van der Waals surface area contributed by atoms with Crippen LogP contribution in [0, 0.1) is 0 Å². The van der Waals surface area contributed by atoms with Gasteiger partial charge >= 0.3 is 6.18 Å². The minimum atomic E-state index is -4.45. The average molecular weight is 382 g/mol. The minimum Gasteiger partial charge on any atom is -0.484 e. The Hall–Kier alpha value is -1.94. The third-order valence-corrected chi connectivity index (χ3v) is 3.51. The van der Waals surface area contributed by atoms with Crippen LogP contribution in [-0.2, 0) is 11.4 Å². The van der Waals surface area contributed by atoms with E-state index in [4.69, 9.17) is 20.8 Å². The molecule has 1 heterocycles. The van der Waals surface area contributed by atoms with Gasteiger partial charge in [-0.05, 0) is 24.3 Å². The Morgan fingerprint density at radius 1 is 1.29 bits per heavy atom. The number of nitrogens with zero attached hydrogens (tertiary/aromatic N) is 2. The number of hydrogen-bond donors (Lipinski definition) is 1. The lowest BCUT2D eigenvalue weighted by molar-refractivity contribution is -0.136. The number of halogens is 4. The van der Waals surface area contributed by atoms with Crippen molar-refractivity contribution in [3.63, 3.8) is 0 Å². The highest BCUT2D eigenvalue weighted by molar-refractivity contribution is 7.99. The summed E-state index contributed by atoms with van der Waals surface area (Å²) in [4.78, 5) is 11.3. The van der Waals surface area contributed by atoms with Crippen molar-refractivity contribution in [3.8, 4) is 5.75 Å². The molecule has 1 aromatic carbocycles. The zero-order chi connectivity index (χ0) is 17.6. The van der Waals surface area contributed by atoms with Gasteiger partial charge in [-0.1, -0.05) is 23.4 Å². The molecular weight excluding hydrogens is 371 g/mol. The first-order valence-electron chi connectivity index (χ1n) is 6.49. The summed E-state index contributed by atoms with van der Waals surface area (Å²) < 4.78 is 46.4. The van der Waals surface area contributed by atoms with Gasteiger partial charge in [0.05, 0.1) is 5.75 Å². The summed E-state index contributed by atoms with van der Waals surface area (Å²) in [5.74, 6) is -0.327. The minimum absolute atomic E-state index is 0.00939. The van der Waals surface area contributed by atoms with Gasteiger partial charge in [-0.2, -0.15) is 13.2 Å². The monoisotopic (exact) mass is 381 g/mol. The topological polar surface area (TPSA) is 77.2 Å². The largest absolute Gasteiger partial charge is 0.484 e. The van der Waals surface area contributed by atoms with Crippen molar-refractivity contribution in [2.45, 2.75) is 18.0 Å². The number of aromatic nitrogens is 2. The predicted octanol–water partition coefficient (Wildman–Crippen LogP) is 3.07. The van der Waals surface area contributed by atoms with Crippen molar-refractivity contribution in [2.75, 3.05) is 12.3 Å². The number of nitrogens with one attached hydrogen (secondary N) is 1. The number of alkyl halides is 3. The molecule has 11 heteroatoms. The van der Waals surface area contributed by atoms with Crippen molar-refractivity contribution in [1.82, 2.24) is 15.5 Å². The van der Waals surface area contributed by atoms with Crippen LogP contribution in [0.1, 0.15) is 5.89 Å². The number of rotatable bonds is 7. The van der Waals surface area contributed by atoms with Gasteiger partial charge in [0.2, 0.25) is 5.91 Å². The van der Waals surface area contributed by atoms with Gasteiger partial charge in [0, 0.05) is 5.02 Å². The molecule has 1 aromatic heterocycles. The fraction of sp³-hybridized carbons (Fsp3) is 0.308. The van der Waals surface area contributed by atoms with E-state index in [2.05, 4.69) is 10.2 Å². The van der Waals surface area contributed by atoms with Gasteiger partial charge in [-0.3, -0.25) is 4.79 Å². The number of benzene rings is 1. The number of carbonyl (C=O) groups excluding carboxylic acids is 1. The first-order chi connectivity index (χ1) is 11.3. The second-order valence-electron chi connectivity index (χ2n) is 4.38. The van der Waals surface area contributed by atoms with Gasteiger partial charge in [-0.25, -0.2) is 0 Å². The molecule has 2 rings (SSSR count). The molecule has 0 spiro atoms. The summed E-state index contributed by atoms with van der Waals surface area (Å²) in [6.45, 7) is -1.37. The molecule has 0 aliphatic heterocycles. The maximum atomic E-state index is 11.9. The van der Waals surface area contributed by atoms with E-state index in [1.54, 1.807) is 29.6 Å². The van der Waals surface area contributed by atoms with Gasteiger partial charge in [-0.15, -0.1) is 10.2 Å². The van der Waals surface area contributed by atoms with E-state index < -0.39 is 18.6 Å². The molecule has 0 bridgehead atoms. The SMILES string of the molecule is O=C(CSc1nnc(COc2ccc(Cl)cc2)o1)NCC(F)(F)F. The van der Waals surface area contributed by atoms with Crippen LogP contribution < -0.4 is 10.1 Å². The van der Waals surface area contributed by atoms with E-state index in [0.717, 1.165) is 11.8 Å². The van der Waals surface area contributed by atoms with Crippen LogP contribution in [0.5, 0.6) is 5.75 Å². The summed E-state index contributed by atoms with van der Waals surface area (Å²) in [7, 11) is 0. The molecule has 1 amide bonds. The second kappa shape index (κ2) is 8.25. The first kappa shape index (κ1) is 18.4. The maximum absolute atomic E-state index is 11.9. The van der Waals surface area contributed by atoms with Crippen molar-refractivity contribution < 1.29 is 27.1 Å². The number of ether oxygens (including phenoxy) is 1. The lowest BCUT2D eigenvalue weighted by Crippen LogP contribution is -2.34. The van der Waals surface area contributed by atoms with Crippen LogP contribution in [0.2, 0.25) is 5.02 Å². The third kappa shape index (κ3) is 6.67. The molecular formula is C13H11ClF3N3O3S. The number of thioether (sulfide) groups is 1. The van der Waals surface area contributed by atoms with Crippen LogP contribution >= 0.6 is 23.4 Å². The lowest BCUT2D eigenvalue weighted by atomic mass is 10.3. The van der Waals surface area contributed by atoms with E-state index >= 15 is 0 Å². The lowest BCUT2D eigenvalue weighted by Gasteiger charge is -2.06. The Morgan fingerprint density at radius 2 is 2.00 bits per heavy atom. The standard InChI is InChI=1S/C13H11ClF3N3O3S/c14-8-1-3-9(4-2-8)22-5-11-19-20-12(23-11)24-6-10(21)18-7-13(15,16)17/h1-4H,5-7H2,(H,18,21). The summed E-state index contributed by atoms with van der Waals surface area (Å²) in [6, 6.07) is 6.65. The molecule has 0 aliphatic rings. The third-order valence-electron chi connectivity index (χ3n) is 2.44. The Kier molecular flexibility index (Phi) is 6.32. The van der Waals surface area contributed by atoms with Gasteiger partial charge < -0.3 is 14.5 Å². The molecule has 0 radical (unpaired) electrons. The van der Waals surface area contributed by atoms with Crippen LogP contribution in [-0.4, -0.2) is 34.6 Å². The fourth-order valence-electron chi connectivity index (χ4n) is 1.41. The Balaban J connectivity index is 1.74. The predicted molar refractivity (Wildman–Crippen MR) is 79.9 cm³/mol. The molecule has 1 N–H and O–H groups in total. The highest BCUT2D eigenvalue weighted by atomic mass is 35.5. The molecule has 0 fully saturated rings. The normalized spacial score (nSPS) is 11.3. The van der Waals surface area contributed by atoms with Crippen molar-refractivity contribution in [3.05, 3.63) is 35.2 Å². The zero-order valence-corrected chi connectivity index (χ0v) is 13.5. The maximum Gasteiger partial charge on any atom is 0.405 e. The van der Waals surface area contributed by atoms with E-state index in [0.29, 0.717) is 10.8 Å². The van der Waals surface area contributed by atoms with Gasteiger partial charge in [0.25, 0.3) is 11.1 Å². The molecule has 130 valence electrons. The highest BCUT2D eigenvalue weighted by Gasteiger charge is 2.27. The fourth-order valence-corrected chi connectivity index (χ4v) is 2.14. The Labute approximate surface area is 143 Å². The van der Waals surface area contributed by atoms with Crippen molar-refractivity contribution >= 4 is 29.3 Å². The van der Waals surface area contributed by atoms with Crippen LogP contribution in [0.4, 0.5) is 13.2 Å². The molecule has 0 saturated carbocycles. The molecule has 2 aromatic rings. The van der Waals surface area contributed by atoms with E-state index in [1.807, 2.05) is 0 Å². The molecule has 0 aliphatic carbocycles. The Bertz CT molecular complexity index is 679. The van der Waals surface area contributed by atoms with Crippen LogP contribution in [0.3, 0.4) is 0 Å². The smallest absolute Gasteiger partial charge is 0.405 e. The number of carbonyl (C=O) groups is 1.